The van der Waals surface area contributed by atoms with Gasteiger partial charge in [-0.25, -0.2) is 0 Å². The molecule has 0 radical (unpaired) electrons. The van der Waals surface area contributed by atoms with E-state index < -0.39 is 7.14 Å². The summed E-state index contributed by atoms with van der Waals surface area (Å²) < 4.78 is 21.1. The maximum atomic E-state index is 14.8. The molecular weight excluding hydrogens is 543 g/mol. The molecule has 0 atom stereocenters. The Hall–Kier alpha value is -5.17. The van der Waals surface area contributed by atoms with Gasteiger partial charge in [0.2, 0.25) is 0 Å². The maximum absolute atomic E-state index is 14.8. The Morgan fingerprint density at radius 2 is 1.02 bits per heavy atom. The molecule has 0 amide bonds. The van der Waals surface area contributed by atoms with Gasteiger partial charge in [-0.1, -0.05) is 133 Å². The average molecular weight is 569 g/mol. The smallest absolute Gasteiger partial charge is 0.171 e. The largest absolute Gasteiger partial charge is 0.456 e. The Morgan fingerprint density at radius 1 is 0.395 bits per heavy atom. The third kappa shape index (κ3) is 3.51. The van der Waals surface area contributed by atoms with Gasteiger partial charge in [-0.15, -0.1) is 0 Å². The summed E-state index contributed by atoms with van der Waals surface area (Å²) in [4.78, 5) is 0. The van der Waals surface area contributed by atoms with Gasteiger partial charge in [0.15, 0.2) is 7.14 Å². The highest BCUT2D eigenvalue weighted by Gasteiger charge is 2.30. The zero-order valence-electron chi connectivity index (χ0n) is 23.2. The van der Waals surface area contributed by atoms with Crippen LogP contribution >= 0.6 is 7.14 Å². The minimum atomic E-state index is -3.01. The van der Waals surface area contributed by atoms with E-state index in [4.69, 9.17) is 4.42 Å². The molecule has 43 heavy (non-hydrogen) atoms. The fourth-order valence-electron chi connectivity index (χ4n) is 6.90. The van der Waals surface area contributed by atoms with Crippen molar-refractivity contribution in [3.8, 4) is 33.4 Å². The van der Waals surface area contributed by atoms with Crippen LogP contribution in [0.3, 0.4) is 0 Å². The monoisotopic (exact) mass is 568 g/mol. The van der Waals surface area contributed by atoms with E-state index in [1.54, 1.807) is 0 Å². The van der Waals surface area contributed by atoms with Crippen LogP contribution in [0.15, 0.2) is 156 Å². The molecule has 1 aliphatic carbocycles. The summed E-state index contributed by atoms with van der Waals surface area (Å²) >= 11 is 0. The molecule has 7 aromatic carbocycles. The average Bonchev–Trinajstić information content (AvgIpc) is 3.62. The first kappa shape index (κ1) is 24.4. The van der Waals surface area contributed by atoms with E-state index in [0.717, 1.165) is 43.6 Å². The third-order valence-electron chi connectivity index (χ3n) is 8.91. The van der Waals surface area contributed by atoms with Crippen molar-refractivity contribution in [3.63, 3.8) is 0 Å². The van der Waals surface area contributed by atoms with Crippen LogP contribution < -0.4 is 15.9 Å². The second-order valence-electron chi connectivity index (χ2n) is 11.2. The highest BCUT2D eigenvalue weighted by atomic mass is 31.2. The lowest BCUT2D eigenvalue weighted by Crippen LogP contribution is -2.24. The summed E-state index contributed by atoms with van der Waals surface area (Å²) in [5.41, 5.74) is 9.02. The van der Waals surface area contributed by atoms with Crippen LogP contribution in [0.5, 0.6) is 0 Å². The molecule has 1 heterocycles. The van der Waals surface area contributed by atoms with Crippen molar-refractivity contribution in [2.75, 3.05) is 0 Å². The number of benzene rings is 7. The molecule has 0 saturated heterocycles. The second kappa shape index (κ2) is 9.16. The molecule has 202 valence electrons. The number of rotatable bonds is 4. The SMILES string of the molecule is O=P(c1ccccc1)(c1ccccc1)c1ccc(-c2ccc3c(c2)-c2cccc4c2c-3cc2oc3ccccc3c24)cc1. The first-order valence-corrected chi connectivity index (χ1v) is 16.2. The minimum Gasteiger partial charge on any atom is -0.456 e. The Kier molecular flexibility index (Phi) is 5.21. The van der Waals surface area contributed by atoms with Crippen LogP contribution in [-0.4, -0.2) is 0 Å². The van der Waals surface area contributed by atoms with Gasteiger partial charge in [0, 0.05) is 26.7 Å². The molecule has 0 unspecified atom stereocenters. The Balaban J connectivity index is 1.16. The molecule has 1 aromatic heterocycles. The molecule has 2 nitrogen and oxygen atoms in total. The van der Waals surface area contributed by atoms with E-state index in [1.165, 1.54) is 38.4 Å². The van der Waals surface area contributed by atoms with Gasteiger partial charge in [-0.05, 0) is 62.4 Å². The molecule has 3 heteroatoms. The van der Waals surface area contributed by atoms with E-state index in [9.17, 15) is 4.57 Å². The van der Waals surface area contributed by atoms with Crippen molar-refractivity contribution in [2.45, 2.75) is 0 Å². The van der Waals surface area contributed by atoms with Crippen LogP contribution in [-0.2, 0) is 4.57 Å². The predicted octanol–water partition coefficient (Wildman–Crippen LogP) is 9.69. The summed E-state index contributed by atoms with van der Waals surface area (Å²) in [6.07, 6.45) is 0. The molecule has 0 bridgehead atoms. The van der Waals surface area contributed by atoms with E-state index in [-0.39, 0.29) is 0 Å². The van der Waals surface area contributed by atoms with E-state index in [1.807, 2.05) is 84.9 Å². The van der Waals surface area contributed by atoms with Crippen LogP contribution in [0.1, 0.15) is 0 Å². The summed E-state index contributed by atoms with van der Waals surface area (Å²) in [6.45, 7) is 0. The third-order valence-corrected chi connectivity index (χ3v) is 12.0. The van der Waals surface area contributed by atoms with E-state index in [2.05, 4.69) is 66.7 Å². The van der Waals surface area contributed by atoms with Crippen molar-refractivity contribution in [2.24, 2.45) is 0 Å². The second-order valence-corrected chi connectivity index (χ2v) is 14.0. The quantitative estimate of drug-likeness (QED) is 0.198. The first-order valence-electron chi connectivity index (χ1n) is 14.5. The molecule has 0 N–H and O–H groups in total. The molecule has 1 aliphatic rings. The lowest BCUT2D eigenvalue weighted by atomic mass is 9.97. The van der Waals surface area contributed by atoms with Crippen molar-refractivity contribution >= 4 is 55.8 Å². The summed E-state index contributed by atoms with van der Waals surface area (Å²) in [5.74, 6) is 0. The zero-order valence-corrected chi connectivity index (χ0v) is 24.1. The normalized spacial score (nSPS) is 12.3. The number of hydrogen-bond donors (Lipinski definition) is 0. The molecule has 9 rings (SSSR count). The van der Waals surface area contributed by atoms with Gasteiger partial charge in [0.25, 0.3) is 0 Å². The molecule has 0 saturated carbocycles. The molecule has 0 aliphatic heterocycles. The molecule has 0 spiro atoms. The highest BCUT2D eigenvalue weighted by molar-refractivity contribution is 7.85. The number of para-hydroxylation sites is 1. The summed E-state index contributed by atoms with van der Waals surface area (Å²) in [7, 11) is -3.01. The lowest BCUT2D eigenvalue weighted by molar-refractivity contribution is 0.592. The maximum Gasteiger partial charge on any atom is 0.171 e. The topological polar surface area (TPSA) is 30.2 Å². The van der Waals surface area contributed by atoms with Gasteiger partial charge in [-0.3, -0.25) is 0 Å². The number of hydrogen-bond acceptors (Lipinski definition) is 2. The Bertz CT molecular complexity index is 2360. The van der Waals surface area contributed by atoms with Crippen molar-refractivity contribution in [1.82, 2.24) is 0 Å². The van der Waals surface area contributed by atoms with Crippen molar-refractivity contribution in [3.05, 3.63) is 152 Å². The predicted molar refractivity (Wildman–Crippen MR) is 180 cm³/mol. The Morgan fingerprint density at radius 3 is 1.77 bits per heavy atom. The first-order chi connectivity index (χ1) is 21.2. The molecule has 0 fully saturated rings. The fraction of sp³-hybridized carbons (Fsp3) is 0. The van der Waals surface area contributed by atoms with Crippen LogP contribution in [0, 0.1) is 0 Å². The summed E-state index contributed by atoms with van der Waals surface area (Å²) in [5, 5.41) is 7.38. The number of fused-ring (bicyclic) bond motifs is 7. The highest BCUT2D eigenvalue weighted by Crippen LogP contribution is 2.51. The summed E-state index contributed by atoms with van der Waals surface area (Å²) in [6, 6.07) is 51.8. The van der Waals surface area contributed by atoms with Crippen LogP contribution in [0.2, 0.25) is 0 Å². The standard InChI is InChI=1S/C40H25O2P/c41-43(28-10-3-1-4-11-28,29-12-5-2-6-13-29)30-21-18-26(19-22-30)27-20-23-31-35(24-27)32-15-9-16-34-39(32)36(31)25-38-40(34)33-14-7-8-17-37(33)42-38/h1-25H. The lowest BCUT2D eigenvalue weighted by Gasteiger charge is -2.20. The van der Waals surface area contributed by atoms with Gasteiger partial charge in [-0.2, -0.15) is 0 Å². The minimum absolute atomic E-state index is 0.835. The van der Waals surface area contributed by atoms with Gasteiger partial charge in [0.1, 0.15) is 11.2 Å². The number of furan rings is 1. The van der Waals surface area contributed by atoms with E-state index >= 15 is 0 Å². The van der Waals surface area contributed by atoms with Crippen LogP contribution in [0.25, 0.3) is 66.1 Å². The molecule has 8 aromatic rings. The van der Waals surface area contributed by atoms with Crippen molar-refractivity contribution < 1.29 is 8.98 Å². The zero-order chi connectivity index (χ0) is 28.5. The van der Waals surface area contributed by atoms with Gasteiger partial charge < -0.3 is 8.98 Å². The van der Waals surface area contributed by atoms with Gasteiger partial charge >= 0.3 is 0 Å². The fourth-order valence-corrected chi connectivity index (χ4v) is 9.55. The molecular formula is C40H25O2P. The van der Waals surface area contributed by atoms with Gasteiger partial charge in [0.05, 0.1) is 0 Å². The van der Waals surface area contributed by atoms with E-state index in [0.29, 0.717) is 0 Å². The Labute approximate surface area is 249 Å². The van der Waals surface area contributed by atoms with Crippen LogP contribution in [0.4, 0.5) is 0 Å². The van der Waals surface area contributed by atoms with Crippen molar-refractivity contribution in [1.29, 1.82) is 0 Å².